The lowest BCUT2D eigenvalue weighted by atomic mass is 10.2. The van der Waals surface area contributed by atoms with Gasteiger partial charge in [0.25, 0.3) is 0 Å². The summed E-state index contributed by atoms with van der Waals surface area (Å²) in [7, 11) is 0. The van der Waals surface area contributed by atoms with E-state index in [9.17, 15) is 0 Å². The van der Waals surface area contributed by atoms with Gasteiger partial charge in [-0.2, -0.15) is 0 Å². The Morgan fingerprint density at radius 1 is 1.06 bits per heavy atom. The van der Waals surface area contributed by atoms with Gasteiger partial charge >= 0.3 is 0 Å². The molecule has 0 radical (unpaired) electrons. The van der Waals surface area contributed by atoms with Crippen molar-refractivity contribution in [1.82, 2.24) is 14.9 Å². The molecular weight excluding hydrogens is 224 g/mol. The van der Waals surface area contributed by atoms with Crippen LogP contribution in [0.4, 0.5) is 0 Å². The highest BCUT2D eigenvalue weighted by atomic mass is 15.2. The second kappa shape index (κ2) is 4.96. The van der Waals surface area contributed by atoms with E-state index in [1.807, 2.05) is 30.6 Å². The lowest BCUT2D eigenvalue weighted by Crippen LogP contribution is -2.28. The van der Waals surface area contributed by atoms with Crippen LogP contribution in [0.3, 0.4) is 0 Å². The Labute approximate surface area is 106 Å². The third kappa shape index (κ3) is 2.22. The Balaban J connectivity index is 1.80. The van der Waals surface area contributed by atoms with Crippen molar-refractivity contribution in [1.29, 1.82) is 0 Å². The molecule has 90 valence electrons. The Morgan fingerprint density at radius 2 is 1.89 bits per heavy atom. The van der Waals surface area contributed by atoms with Gasteiger partial charge in [-0.15, -0.1) is 0 Å². The quantitative estimate of drug-likeness (QED) is 0.818. The first-order valence-corrected chi connectivity index (χ1v) is 6.02. The fourth-order valence-electron chi connectivity index (χ4n) is 2.12. The van der Waals surface area contributed by atoms with E-state index in [4.69, 9.17) is 0 Å². The summed E-state index contributed by atoms with van der Waals surface area (Å²) in [6.07, 6.45) is 7.34. The van der Waals surface area contributed by atoms with Crippen molar-refractivity contribution >= 4 is 5.84 Å². The Hall–Kier alpha value is -2.23. The Bertz CT molecular complexity index is 536. The molecule has 4 nitrogen and oxygen atoms in total. The molecule has 1 aliphatic heterocycles. The molecule has 2 aromatic heterocycles. The van der Waals surface area contributed by atoms with Gasteiger partial charge in [0, 0.05) is 43.4 Å². The van der Waals surface area contributed by atoms with Crippen LogP contribution >= 0.6 is 0 Å². The summed E-state index contributed by atoms with van der Waals surface area (Å²) in [4.78, 5) is 15.1. The molecular formula is C14H14N4. The first kappa shape index (κ1) is 10.9. The number of pyridine rings is 2. The number of aliphatic imine (C=N–C) groups is 1. The van der Waals surface area contributed by atoms with Crippen LogP contribution in [-0.2, 0) is 6.54 Å². The largest absolute Gasteiger partial charge is 0.350 e. The lowest BCUT2D eigenvalue weighted by molar-refractivity contribution is 0.452. The highest BCUT2D eigenvalue weighted by Crippen LogP contribution is 2.13. The summed E-state index contributed by atoms with van der Waals surface area (Å²) < 4.78 is 0. The molecule has 0 aromatic carbocycles. The van der Waals surface area contributed by atoms with Gasteiger partial charge in [0.1, 0.15) is 5.84 Å². The summed E-state index contributed by atoms with van der Waals surface area (Å²) in [6, 6.07) is 8.05. The normalized spacial score (nSPS) is 14.7. The maximum absolute atomic E-state index is 4.57. The van der Waals surface area contributed by atoms with Crippen molar-refractivity contribution in [2.75, 3.05) is 13.1 Å². The molecule has 1 aliphatic rings. The van der Waals surface area contributed by atoms with Gasteiger partial charge in [-0.25, -0.2) is 0 Å². The van der Waals surface area contributed by atoms with E-state index in [0.29, 0.717) is 0 Å². The molecule has 4 heteroatoms. The number of amidine groups is 1. The number of hydrogen-bond acceptors (Lipinski definition) is 4. The van der Waals surface area contributed by atoms with E-state index in [2.05, 4.69) is 25.9 Å². The molecule has 3 rings (SSSR count). The van der Waals surface area contributed by atoms with Crippen LogP contribution in [0.5, 0.6) is 0 Å². The van der Waals surface area contributed by atoms with E-state index in [-0.39, 0.29) is 0 Å². The third-order valence-electron chi connectivity index (χ3n) is 2.95. The second-order valence-corrected chi connectivity index (χ2v) is 4.23. The maximum atomic E-state index is 4.57. The van der Waals surface area contributed by atoms with Crippen LogP contribution < -0.4 is 0 Å². The average Bonchev–Trinajstić information content (AvgIpc) is 2.89. The molecule has 0 bridgehead atoms. The van der Waals surface area contributed by atoms with Crippen LogP contribution in [-0.4, -0.2) is 33.8 Å². The standard InChI is InChI=1S/C14H14N4/c1-3-12(9-15-5-1)11-18-8-7-17-14(18)13-4-2-6-16-10-13/h1-6,9-10H,7-8,11H2. The molecule has 0 atom stereocenters. The van der Waals surface area contributed by atoms with Crippen LogP contribution in [0.15, 0.2) is 54.0 Å². The zero-order valence-electron chi connectivity index (χ0n) is 10.0. The van der Waals surface area contributed by atoms with Gasteiger partial charge in [-0.05, 0) is 23.8 Å². The number of aromatic nitrogens is 2. The topological polar surface area (TPSA) is 41.4 Å². The minimum absolute atomic E-state index is 0.849. The molecule has 3 heterocycles. The molecule has 2 aromatic rings. The third-order valence-corrected chi connectivity index (χ3v) is 2.95. The van der Waals surface area contributed by atoms with Gasteiger partial charge in [0.2, 0.25) is 0 Å². The summed E-state index contributed by atoms with van der Waals surface area (Å²) in [6.45, 7) is 2.66. The summed E-state index contributed by atoms with van der Waals surface area (Å²) in [5.74, 6) is 1.03. The number of rotatable bonds is 3. The predicted molar refractivity (Wildman–Crippen MR) is 70.3 cm³/mol. The van der Waals surface area contributed by atoms with E-state index < -0.39 is 0 Å². The van der Waals surface area contributed by atoms with Gasteiger partial charge in [-0.3, -0.25) is 15.0 Å². The van der Waals surface area contributed by atoms with E-state index >= 15 is 0 Å². The molecule has 18 heavy (non-hydrogen) atoms. The minimum atomic E-state index is 0.849. The maximum Gasteiger partial charge on any atom is 0.132 e. The van der Waals surface area contributed by atoms with Gasteiger partial charge in [-0.1, -0.05) is 6.07 Å². The van der Waals surface area contributed by atoms with Crippen LogP contribution in [0.1, 0.15) is 11.1 Å². The van der Waals surface area contributed by atoms with Gasteiger partial charge in [0.15, 0.2) is 0 Å². The first-order valence-electron chi connectivity index (χ1n) is 6.02. The molecule has 0 aliphatic carbocycles. The zero-order chi connectivity index (χ0) is 12.2. The minimum Gasteiger partial charge on any atom is -0.350 e. The molecule has 0 saturated heterocycles. The molecule has 0 amide bonds. The molecule has 0 N–H and O–H groups in total. The van der Waals surface area contributed by atoms with Crippen LogP contribution in [0, 0.1) is 0 Å². The van der Waals surface area contributed by atoms with E-state index in [1.54, 1.807) is 12.4 Å². The van der Waals surface area contributed by atoms with E-state index in [0.717, 1.165) is 31.0 Å². The van der Waals surface area contributed by atoms with Gasteiger partial charge in [0.05, 0.1) is 6.54 Å². The van der Waals surface area contributed by atoms with Crippen LogP contribution in [0.2, 0.25) is 0 Å². The molecule has 0 fully saturated rings. The van der Waals surface area contributed by atoms with Crippen molar-refractivity contribution in [3.63, 3.8) is 0 Å². The van der Waals surface area contributed by atoms with Crippen molar-refractivity contribution < 1.29 is 0 Å². The molecule has 0 spiro atoms. The lowest BCUT2D eigenvalue weighted by Gasteiger charge is -2.20. The van der Waals surface area contributed by atoms with Crippen molar-refractivity contribution in [3.8, 4) is 0 Å². The predicted octanol–water partition coefficient (Wildman–Crippen LogP) is 1.74. The second-order valence-electron chi connectivity index (χ2n) is 4.23. The fourth-order valence-corrected chi connectivity index (χ4v) is 2.12. The Morgan fingerprint density at radius 3 is 2.61 bits per heavy atom. The summed E-state index contributed by atoms with van der Waals surface area (Å²) in [5, 5.41) is 0. The van der Waals surface area contributed by atoms with Crippen molar-refractivity contribution in [3.05, 3.63) is 60.2 Å². The van der Waals surface area contributed by atoms with Gasteiger partial charge < -0.3 is 4.90 Å². The van der Waals surface area contributed by atoms with Crippen LogP contribution in [0.25, 0.3) is 0 Å². The molecule has 0 saturated carbocycles. The Kier molecular flexibility index (Phi) is 3.00. The van der Waals surface area contributed by atoms with Crippen molar-refractivity contribution in [2.45, 2.75) is 6.54 Å². The molecule has 0 unspecified atom stereocenters. The monoisotopic (exact) mass is 238 g/mol. The average molecular weight is 238 g/mol. The highest BCUT2D eigenvalue weighted by Gasteiger charge is 2.18. The fraction of sp³-hybridized carbons (Fsp3) is 0.214. The van der Waals surface area contributed by atoms with E-state index in [1.165, 1.54) is 5.56 Å². The number of nitrogens with zero attached hydrogens (tertiary/aromatic N) is 4. The number of hydrogen-bond donors (Lipinski definition) is 0. The van der Waals surface area contributed by atoms with Crippen molar-refractivity contribution in [2.24, 2.45) is 4.99 Å². The summed E-state index contributed by atoms with van der Waals surface area (Å²) >= 11 is 0. The zero-order valence-corrected chi connectivity index (χ0v) is 10.0. The summed E-state index contributed by atoms with van der Waals surface area (Å²) in [5.41, 5.74) is 2.29. The first-order chi connectivity index (χ1) is 8.93. The smallest absolute Gasteiger partial charge is 0.132 e. The SMILES string of the molecule is c1cncc(CN2CCN=C2c2cccnc2)c1. The highest BCUT2D eigenvalue weighted by molar-refractivity contribution is 5.99.